The van der Waals surface area contributed by atoms with Crippen molar-refractivity contribution in [1.82, 2.24) is 4.98 Å². The van der Waals surface area contributed by atoms with Gasteiger partial charge in [0.1, 0.15) is 11.6 Å². The summed E-state index contributed by atoms with van der Waals surface area (Å²) in [6.07, 6.45) is 2.22. The van der Waals surface area contributed by atoms with Gasteiger partial charge in [-0.25, -0.2) is 8.78 Å². The van der Waals surface area contributed by atoms with Crippen LogP contribution in [0, 0.1) is 11.6 Å². The van der Waals surface area contributed by atoms with Gasteiger partial charge in [-0.15, -0.1) is 0 Å². The van der Waals surface area contributed by atoms with E-state index in [0.717, 1.165) is 33.4 Å². The van der Waals surface area contributed by atoms with Gasteiger partial charge < -0.3 is 4.98 Å². The van der Waals surface area contributed by atoms with Gasteiger partial charge in [0.25, 0.3) is 0 Å². The first-order valence-corrected chi connectivity index (χ1v) is 8.91. The SMILES string of the molecule is O=c1ccc(Cc2cccc(-c3cccc(F)c3)c2-c2cccc(F)c2)c[nH]1. The molecule has 3 aromatic carbocycles. The monoisotopic (exact) mass is 373 g/mol. The minimum atomic E-state index is -0.332. The maximum Gasteiger partial charge on any atom is 0.247 e. The highest BCUT2D eigenvalue weighted by Gasteiger charge is 2.14. The number of pyridine rings is 1. The Morgan fingerprint density at radius 2 is 1.43 bits per heavy atom. The molecule has 4 heteroatoms. The molecule has 4 rings (SSSR count). The van der Waals surface area contributed by atoms with Gasteiger partial charge in [-0.3, -0.25) is 4.79 Å². The molecule has 1 heterocycles. The number of benzene rings is 3. The summed E-state index contributed by atoms with van der Waals surface area (Å²) in [4.78, 5) is 14.0. The molecule has 0 aliphatic rings. The average molecular weight is 373 g/mol. The number of rotatable bonds is 4. The molecular weight excluding hydrogens is 356 g/mol. The fraction of sp³-hybridized carbons (Fsp3) is 0.0417. The van der Waals surface area contributed by atoms with E-state index in [1.165, 1.54) is 30.3 Å². The third kappa shape index (κ3) is 3.76. The van der Waals surface area contributed by atoms with Gasteiger partial charge in [0.2, 0.25) is 5.56 Å². The quantitative estimate of drug-likeness (QED) is 0.498. The number of nitrogens with one attached hydrogen (secondary N) is 1. The number of H-pyrrole nitrogens is 1. The van der Waals surface area contributed by atoms with Gasteiger partial charge in [-0.05, 0) is 64.1 Å². The zero-order valence-corrected chi connectivity index (χ0v) is 15.0. The third-order valence-electron chi connectivity index (χ3n) is 4.64. The van der Waals surface area contributed by atoms with Crippen molar-refractivity contribution in [2.45, 2.75) is 6.42 Å². The predicted octanol–water partition coefficient (Wildman–Crippen LogP) is 5.58. The van der Waals surface area contributed by atoms with Crippen molar-refractivity contribution in [3.05, 3.63) is 118 Å². The van der Waals surface area contributed by atoms with Crippen LogP contribution in [0.25, 0.3) is 22.3 Å². The van der Waals surface area contributed by atoms with E-state index in [9.17, 15) is 13.6 Å². The maximum absolute atomic E-state index is 14.0. The van der Waals surface area contributed by atoms with E-state index < -0.39 is 0 Å². The van der Waals surface area contributed by atoms with Crippen molar-refractivity contribution < 1.29 is 8.78 Å². The highest BCUT2D eigenvalue weighted by atomic mass is 19.1. The van der Waals surface area contributed by atoms with Crippen LogP contribution >= 0.6 is 0 Å². The van der Waals surface area contributed by atoms with E-state index in [1.807, 2.05) is 30.3 Å². The summed E-state index contributed by atoms with van der Waals surface area (Å²) in [7, 11) is 0. The van der Waals surface area contributed by atoms with Gasteiger partial charge in [0.15, 0.2) is 0 Å². The first-order chi connectivity index (χ1) is 13.6. The van der Waals surface area contributed by atoms with Gasteiger partial charge >= 0.3 is 0 Å². The summed E-state index contributed by atoms with van der Waals surface area (Å²) in [6.45, 7) is 0. The van der Waals surface area contributed by atoms with Crippen LogP contribution in [-0.2, 0) is 6.42 Å². The smallest absolute Gasteiger partial charge is 0.247 e. The summed E-state index contributed by atoms with van der Waals surface area (Å²) >= 11 is 0. The van der Waals surface area contributed by atoms with E-state index in [-0.39, 0.29) is 17.2 Å². The fourth-order valence-corrected chi connectivity index (χ4v) is 3.40. The zero-order chi connectivity index (χ0) is 19.5. The summed E-state index contributed by atoms with van der Waals surface area (Å²) in [5.74, 6) is -0.657. The van der Waals surface area contributed by atoms with Crippen molar-refractivity contribution in [2.75, 3.05) is 0 Å². The van der Waals surface area contributed by atoms with Crippen LogP contribution in [0.5, 0.6) is 0 Å². The van der Waals surface area contributed by atoms with Crippen LogP contribution < -0.4 is 5.56 Å². The van der Waals surface area contributed by atoms with E-state index in [1.54, 1.807) is 24.4 Å². The van der Waals surface area contributed by atoms with Crippen LogP contribution in [-0.4, -0.2) is 4.98 Å². The highest BCUT2D eigenvalue weighted by Crippen LogP contribution is 2.36. The number of hydrogen-bond donors (Lipinski definition) is 1. The Kier molecular flexibility index (Phi) is 4.85. The number of hydrogen-bond acceptors (Lipinski definition) is 1. The molecule has 0 unspecified atom stereocenters. The van der Waals surface area contributed by atoms with Crippen molar-refractivity contribution in [2.24, 2.45) is 0 Å². The molecule has 0 spiro atoms. The van der Waals surface area contributed by atoms with E-state index in [4.69, 9.17) is 0 Å². The molecule has 0 amide bonds. The molecule has 1 aromatic heterocycles. The van der Waals surface area contributed by atoms with Crippen molar-refractivity contribution in [3.63, 3.8) is 0 Å². The first kappa shape index (κ1) is 17.9. The lowest BCUT2D eigenvalue weighted by atomic mass is 9.88. The molecule has 4 aromatic rings. The second-order valence-electron chi connectivity index (χ2n) is 6.60. The lowest BCUT2D eigenvalue weighted by molar-refractivity contribution is 0.627. The Morgan fingerprint density at radius 3 is 2.11 bits per heavy atom. The van der Waals surface area contributed by atoms with E-state index in [2.05, 4.69) is 4.98 Å². The van der Waals surface area contributed by atoms with E-state index in [0.29, 0.717) is 6.42 Å². The Balaban J connectivity index is 1.91. The molecule has 0 radical (unpaired) electrons. The fourth-order valence-electron chi connectivity index (χ4n) is 3.40. The van der Waals surface area contributed by atoms with Gasteiger partial charge in [-0.2, -0.15) is 0 Å². The van der Waals surface area contributed by atoms with E-state index >= 15 is 0 Å². The van der Waals surface area contributed by atoms with Crippen LogP contribution in [0.4, 0.5) is 8.78 Å². The summed E-state index contributed by atoms with van der Waals surface area (Å²) in [5.41, 5.74) is 4.84. The average Bonchev–Trinajstić information content (AvgIpc) is 2.69. The summed E-state index contributed by atoms with van der Waals surface area (Å²) in [6, 6.07) is 21.8. The van der Waals surface area contributed by atoms with Crippen molar-refractivity contribution >= 4 is 0 Å². The highest BCUT2D eigenvalue weighted by molar-refractivity contribution is 5.86. The Labute approximate surface area is 161 Å². The Hall–Kier alpha value is -3.53. The molecular formula is C24H17F2NO. The predicted molar refractivity (Wildman–Crippen MR) is 107 cm³/mol. The molecule has 138 valence electrons. The Morgan fingerprint density at radius 1 is 0.750 bits per heavy atom. The molecule has 0 saturated heterocycles. The van der Waals surface area contributed by atoms with Crippen LogP contribution in [0.3, 0.4) is 0 Å². The molecule has 0 fully saturated rings. The number of aromatic nitrogens is 1. The Bertz CT molecular complexity index is 1180. The lowest BCUT2D eigenvalue weighted by Gasteiger charge is -2.16. The molecule has 0 aliphatic carbocycles. The zero-order valence-electron chi connectivity index (χ0n) is 15.0. The molecule has 0 aliphatic heterocycles. The molecule has 2 nitrogen and oxygen atoms in total. The van der Waals surface area contributed by atoms with Crippen LogP contribution in [0.1, 0.15) is 11.1 Å². The molecule has 0 saturated carbocycles. The molecule has 1 N–H and O–H groups in total. The summed E-state index contributed by atoms with van der Waals surface area (Å²) in [5, 5.41) is 0. The molecule has 28 heavy (non-hydrogen) atoms. The standard InChI is InChI=1S/C24H17F2NO/c25-20-7-1-4-17(13-20)22-9-3-6-18(12-16-10-11-23(28)27-15-16)24(22)19-5-2-8-21(26)14-19/h1-11,13-15H,12H2,(H,27,28). The van der Waals surface area contributed by atoms with Gasteiger partial charge in [-0.1, -0.05) is 48.5 Å². The van der Waals surface area contributed by atoms with Crippen LogP contribution in [0.15, 0.2) is 89.9 Å². The topological polar surface area (TPSA) is 32.9 Å². The van der Waals surface area contributed by atoms with Gasteiger partial charge in [0, 0.05) is 12.3 Å². The maximum atomic E-state index is 14.0. The minimum Gasteiger partial charge on any atom is -0.329 e. The third-order valence-corrected chi connectivity index (χ3v) is 4.64. The minimum absolute atomic E-state index is 0.164. The van der Waals surface area contributed by atoms with Crippen molar-refractivity contribution in [1.29, 1.82) is 0 Å². The van der Waals surface area contributed by atoms with Crippen molar-refractivity contribution in [3.8, 4) is 22.3 Å². The first-order valence-electron chi connectivity index (χ1n) is 8.91. The largest absolute Gasteiger partial charge is 0.329 e. The molecule has 0 atom stereocenters. The summed E-state index contributed by atoms with van der Waals surface area (Å²) < 4.78 is 27.8. The number of aromatic amines is 1. The normalized spacial score (nSPS) is 10.8. The van der Waals surface area contributed by atoms with Gasteiger partial charge in [0.05, 0.1) is 0 Å². The van der Waals surface area contributed by atoms with Crippen LogP contribution in [0.2, 0.25) is 0 Å². The molecule has 0 bridgehead atoms. The second kappa shape index (κ2) is 7.61. The number of halogens is 2. The second-order valence-corrected chi connectivity index (χ2v) is 6.60. The lowest BCUT2D eigenvalue weighted by Crippen LogP contribution is -2.04.